The summed E-state index contributed by atoms with van der Waals surface area (Å²) in [7, 11) is 0. The van der Waals surface area contributed by atoms with Gasteiger partial charge in [0, 0.05) is 12.5 Å². The average Bonchev–Trinajstić information content (AvgIpc) is 3.14. The van der Waals surface area contributed by atoms with Crippen LogP contribution < -0.4 is 5.32 Å². The standard InChI is InChI=1S/C25H28N2O6/c1-2-22(24(30)27-11-12-32-14-16(27)13-23(28)29)26-25(31)33-15-21-19-9-5-3-7-17(19)18-8-4-6-10-20(18)21/h3-10,16,21-22H,2,11-15H2,1H3,(H,26,31)(H,28,29)/t16?,22-/m1/s1. The fourth-order valence-corrected chi connectivity index (χ4v) is 4.64. The number of carboxylic acids is 1. The van der Waals surface area contributed by atoms with E-state index in [1.807, 2.05) is 36.4 Å². The predicted octanol–water partition coefficient (Wildman–Crippen LogP) is 3.01. The largest absolute Gasteiger partial charge is 0.481 e. The first-order valence-electron chi connectivity index (χ1n) is 11.2. The van der Waals surface area contributed by atoms with Gasteiger partial charge in [-0.15, -0.1) is 0 Å². The quantitative estimate of drug-likeness (QED) is 0.669. The van der Waals surface area contributed by atoms with Gasteiger partial charge in [0.15, 0.2) is 0 Å². The molecular weight excluding hydrogens is 424 g/mol. The normalized spacial score (nSPS) is 18.2. The van der Waals surface area contributed by atoms with Gasteiger partial charge in [0.05, 0.1) is 25.7 Å². The van der Waals surface area contributed by atoms with Gasteiger partial charge in [-0.3, -0.25) is 9.59 Å². The molecule has 1 fully saturated rings. The summed E-state index contributed by atoms with van der Waals surface area (Å²) >= 11 is 0. The molecule has 1 aliphatic carbocycles. The Morgan fingerprint density at radius 2 is 1.76 bits per heavy atom. The van der Waals surface area contributed by atoms with Crippen LogP contribution in [0.2, 0.25) is 0 Å². The Kier molecular flexibility index (Phi) is 6.93. The highest BCUT2D eigenvalue weighted by atomic mass is 16.5. The number of carbonyl (C=O) groups excluding carboxylic acids is 2. The molecular formula is C25H28N2O6. The fraction of sp³-hybridized carbons (Fsp3) is 0.400. The molecule has 2 N–H and O–H groups in total. The SMILES string of the molecule is CC[C@@H](NC(=O)OCC1c2ccccc2-c2ccccc21)C(=O)N1CCOCC1CC(=O)O. The summed E-state index contributed by atoms with van der Waals surface area (Å²) in [6.45, 7) is 2.74. The maximum absolute atomic E-state index is 13.1. The number of nitrogens with one attached hydrogen (secondary N) is 1. The van der Waals surface area contributed by atoms with Gasteiger partial charge in [-0.1, -0.05) is 55.5 Å². The van der Waals surface area contributed by atoms with Crippen molar-refractivity contribution in [2.75, 3.05) is 26.4 Å². The number of aliphatic carboxylic acids is 1. The smallest absolute Gasteiger partial charge is 0.407 e. The Bertz CT molecular complexity index is 994. The Morgan fingerprint density at radius 1 is 1.12 bits per heavy atom. The van der Waals surface area contributed by atoms with Crippen LogP contribution in [0.5, 0.6) is 0 Å². The van der Waals surface area contributed by atoms with Crippen molar-refractivity contribution in [1.29, 1.82) is 0 Å². The van der Waals surface area contributed by atoms with Crippen molar-refractivity contribution in [2.45, 2.75) is 37.8 Å². The lowest BCUT2D eigenvalue weighted by Gasteiger charge is -2.36. The highest BCUT2D eigenvalue weighted by molar-refractivity contribution is 5.86. The van der Waals surface area contributed by atoms with E-state index in [1.54, 1.807) is 6.92 Å². The molecule has 2 amide bonds. The van der Waals surface area contributed by atoms with Crippen LogP contribution in [-0.2, 0) is 19.1 Å². The van der Waals surface area contributed by atoms with E-state index in [9.17, 15) is 14.4 Å². The molecule has 1 heterocycles. The number of fused-ring (bicyclic) bond motifs is 3. The maximum Gasteiger partial charge on any atom is 0.407 e. The second kappa shape index (κ2) is 10.0. The molecule has 4 rings (SSSR count). The summed E-state index contributed by atoms with van der Waals surface area (Å²) in [5.41, 5.74) is 4.50. The van der Waals surface area contributed by atoms with Crippen molar-refractivity contribution < 1.29 is 29.0 Å². The van der Waals surface area contributed by atoms with E-state index >= 15 is 0 Å². The second-order valence-corrected chi connectivity index (χ2v) is 8.29. The second-order valence-electron chi connectivity index (χ2n) is 8.29. The molecule has 2 atom stereocenters. The van der Waals surface area contributed by atoms with Gasteiger partial charge in [-0.25, -0.2) is 4.79 Å². The zero-order valence-corrected chi connectivity index (χ0v) is 18.5. The van der Waals surface area contributed by atoms with Crippen LogP contribution >= 0.6 is 0 Å². The summed E-state index contributed by atoms with van der Waals surface area (Å²) in [5, 5.41) is 11.8. The topological polar surface area (TPSA) is 105 Å². The van der Waals surface area contributed by atoms with Crippen LogP contribution in [0.4, 0.5) is 4.79 Å². The van der Waals surface area contributed by atoms with E-state index in [4.69, 9.17) is 14.6 Å². The molecule has 0 saturated carbocycles. The highest BCUT2D eigenvalue weighted by Gasteiger charge is 2.34. The maximum atomic E-state index is 13.1. The lowest BCUT2D eigenvalue weighted by Crippen LogP contribution is -2.56. The zero-order chi connectivity index (χ0) is 23.4. The monoisotopic (exact) mass is 452 g/mol. The van der Waals surface area contributed by atoms with Gasteiger partial charge >= 0.3 is 12.1 Å². The highest BCUT2D eigenvalue weighted by Crippen LogP contribution is 2.44. The average molecular weight is 453 g/mol. The number of amides is 2. The molecule has 0 radical (unpaired) electrons. The molecule has 8 heteroatoms. The molecule has 0 spiro atoms. The zero-order valence-electron chi connectivity index (χ0n) is 18.5. The predicted molar refractivity (Wildman–Crippen MR) is 121 cm³/mol. The number of hydrogen-bond acceptors (Lipinski definition) is 5. The Morgan fingerprint density at radius 3 is 2.36 bits per heavy atom. The number of carboxylic acid groups (broad SMARTS) is 1. The van der Waals surface area contributed by atoms with Gasteiger partial charge in [-0.05, 0) is 28.7 Å². The van der Waals surface area contributed by atoms with E-state index in [2.05, 4.69) is 17.4 Å². The number of morpholine rings is 1. The summed E-state index contributed by atoms with van der Waals surface area (Å²) < 4.78 is 10.9. The van der Waals surface area contributed by atoms with Crippen LogP contribution in [0, 0.1) is 0 Å². The number of rotatable bonds is 7. The van der Waals surface area contributed by atoms with Gasteiger partial charge < -0.3 is 24.8 Å². The van der Waals surface area contributed by atoms with Crippen molar-refractivity contribution in [3.63, 3.8) is 0 Å². The molecule has 1 saturated heterocycles. The number of alkyl carbamates (subject to hydrolysis) is 1. The van der Waals surface area contributed by atoms with E-state index in [-0.39, 0.29) is 31.5 Å². The summed E-state index contributed by atoms with van der Waals surface area (Å²) in [4.78, 5) is 38.3. The Balaban J connectivity index is 1.40. The minimum absolute atomic E-state index is 0.0712. The fourth-order valence-electron chi connectivity index (χ4n) is 4.64. The molecule has 2 aromatic rings. The molecule has 2 aromatic carbocycles. The van der Waals surface area contributed by atoms with Gasteiger partial charge in [-0.2, -0.15) is 0 Å². The lowest BCUT2D eigenvalue weighted by atomic mass is 9.98. The van der Waals surface area contributed by atoms with Crippen molar-refractivity contribution in [1.82, 2.24) is 10.2 Å². The van der Waals surface area contributed by atoms with Crippen LogP contribution in [0.25, 0.3) is 11.1 Å². The molecule has 33 heavy (non-hydrogen) atoms. The van der Waals surface area contributed by atoms with Crippen LogP contribution in [-0.4, -0.2) is 66.4 Å². The first-order chi connectivity index (χ1) is 16.0. The van der Waals surface area contributed by atoms with E-state index in [1.165, 1.54) is 4.90 Å². The van der Waals surface area contributed by atoms with Gasteiger partial charge in [0.25, 0.3) is 0 Å². The Labute approximate surface area is 192 Å². The third-order valence-electron chi connectivity index (χ3n) is 6.26. The molecule has 1 aliphatic heterocycles. The molecule has 0 aromatic heterocycles. The number of benzene rings is 2. The number of nitrogens with zero attached hydrogens (tertiary/aromatic N) is 1. The number of hydrogen-bond donors (Lipinski definition) is 2. The minimum atomic E-state index is -0.999. The van der Waals surface area contributed by atoms with Crippen molar-refractivity contribution in [3.05, 3.63) is 59.7 Å². The van der Waals surface area contributed by atoms with E-state index in [0.717, 1.165) is 22.3 Å². The van der Waals surface area contributed by atoms with Crippen molar-refractivity contribution in [3.8, 4) is 11.1 Å². The lowest BCUT2D eigenvalue weighted by molar-refractivity contribution is -0.147. The van der Waals surface area contributed by atoms with E-state index < -0.39 is 24.1 Å². The Hall–Kier alpha value is -3.39. The summed E-state index contributed by atoms with van der Waals surface area (Å²) in [6.07, 6.45) is -0.507. The first kappa shape index (κ1) is 22.8. The van der Waals surface area contributed by atoms with Crippen molar-refractivity contribution >= 4 is 18.0 Å². The van der Waals surface area contributed by atoms with Crippen LogP contribution in [0.1, 0.15) is 36.8 Å². The first-order valence-corrected chi connectivity index (χ1v) is 11.2. The number of carbonyl (C=O) groups is 3. The van der Waals surface area contributed by atoms with Gasteiger partial charge in [0.2, 0.25) is 5.91 Å². The third kappa shape index (κ3) is 4.85. The molecule has 2 aliphatic rings. The summed E-state index contributed by atoms with van der Waals surface area (Å²) in [5.74, 6) is -1.39. The van der Waals surface area contributed by atoms with Crippen LogP contribution in [0.15, 0.2) is 48.5 Å². The molecule has 1 unspecified atom stereocenters. The minimum Gasteiger partial charge on any atom is -0.481 e. The van der Waals surface area contributed by atoms with Crippen LogP contribution in [0.3, 0.4) is 0 Å². The van der Waals surface area contributed by atoms with Crippen molar-refractivity contribution in [2.24, 2.45) is 0 Å². The third-order valence-corrected chi connectivity index (χ3v) is 6.26. The van der Waals surface area contributed by atoms with E-state index in [0.29, 0.717) is 19.6 Å². The molecule has 0 bridgehead atoms. The summed E-state index contributed by atoms with van der Waals surface area (Å²) in [6, 6.07) is 14.8. The molecule has 174 valence electrons. The van der Waals surface area contributed by atoms with Gasteiger partial charge in [0.1, 0.15) is 12.6 Å². The molecule has 8 nitrogen and oxygen atoms in total. The number of ether oxygens (including phenoxy) is 2.